The van der Waals surface area contributed by atoms with E-state index in [4.69, 9.17) is 5.11 Å². The number of carboxylic acids is 1. The van der Waals surface area contributed by atoms with Gasteiger partial charge in [-0.05, 0) is 22.0 Å². The summed E-state index contributed by atoms with van der Waals surface area (Å²) in [7, 11) is 0. The largest absolute Gasteiger partial charge is 0.481 e. The van der Waals surface area contributed by atoms with Crippen molar-refractivity contribution in [2.75, 3.05) is 5.75 Å². The van der Waals surface area contributed by atoms with Gasteiger partial charge in [0.15, 0.2) is 5.16 Å². The van der Waals surface area contributed by atoms with Crippen LogP contribution in [0, 0.1) is 0 Å². The molecule has 0 radical (unpaired) electrons. The highest BCUT2D eigenvalue weighted by atomic mass is 79.9. The first kappa shape index (κ1) is 12.7. The zero-order valence-electron chi connectivity index (χ0n) is 8.67. The maximum Gasteiger partial charge on any atom is 0.313 e. The summed E-state index contributed by atoms with van der Waals surface area (Å²) >= 11 is 6.30. The fourth-order valence-corrected chi connectivity index (χ4v) is 3.41. The third-order valence-electron chi connectivity index (χ3n) is 1.95. The highest BCUT2D eigenvalue weighted by Crippen LogP contribution is 2.23. The van der Waals surface area contributed by atoms with Crippen LogP contribution < -0.4 is 0 Å². The third-order valence-corrected chi connectivity index (χ3v) is 4.62. The van der Waals surface area contributed by atoms with Crippen molar-refractivity contribution in [3.63, 3.8) is 0 Å². The Morgan fingerprint density at radius 3 is 3.12 bits per heavy atom. The average Bonchev–Trinajstić information content (AvgIpc) is 2.86. The second-order valence-corrected chi connectivity index (χ2v) is 6.11. The van der Waals surface area contributed by atoms with Crippen molar-refractivity contribution < 1.29 is 9.90 Å². The van der Waals surface area contributed by atoms with Crippen molar-refractivity contribution >= 4 is 45.0 Å². The van der Waals surface area contributed by atoms with Gasteiger partial charge in [0.2, 0.25) is 0 Å². The standard InChI is InChI=1S/C10H9BrN2O2S2/c11-7-3-8(16-5-7)4-13-2-1-12-10(13)17-6-9(14)15/h1-3,5H,4,6H2,(H,14,15). The second-order valence-electron chi connectivity index (χ2n) is 3.25. The van der Waals surface area contributed by atoms with Gasteiger partial charge in [-0.2, -0.15) is 0 Å². The van der Waals surface area contributed by atoms with Crippen molar-refractivity contribution in [3.8, 4) is 0 Å². The second kappa shape index (κ2) is 5.70. The van der Waals surface area contributed by atoms with Crippen LogP contribution in [0.25, 0.3) is 0 Å². The predicted octanol–water partition coefficient (Wildman–Crippen LogP) is 2.93. The van der Waals surface area contributed by atoms with Crippen LogP contribution in [0.4, 0.5) is 0 Å². The Balaban J connectivity index is 2.06. The van der Waals surface area contributed by atoms with E-state index >= 15 is 0 Å². The van der Waals surface area contributed by atoms with Crippen LogP contribution in [0.15, 0.2) is 33.5 Å². The number of thioether (sulfide) groups is 1. The first-order valence-electron chi connectivity index (χ1n) is 4.74. The van der Waals surface area contributed by atoms with Crippen molar-refractivity contribution in [2.24, 2.45) is 0 Å². The molecule has 0 aliphatic carbocycles. The summed E-state index contributed by atoms with van der Waals surface area (Å²) in [5.41, 5.74) is 0. The number of hydrogen-bond donors (Lipinski definition) is 1. The molecule has 2 heterocycles. The van der Waals surface area contributed by atoms with E-state index in [1.54, 1.807) is 17.5 Å². The molecule has 0 unspecified atom stereocenters. The topological polar surface area (TPSA) is 55.1 Å². The number of imidazole rings is 1. The normalized spacial score (nSPS) is 10.6. The lowest BCUT2D eigenvalue weighted by atomic mass is 10.4. The Bertz CT molecular complexity index is 524. The number of hydrogen-bond acceptors (Lipinski definition) is 4. The van der Waals surface area contributed by atoms with Crippen LogP contribution in [0.3, 0.4) is 0 Å². The number of aromatic nitrogens is 2. The average molecular weight is 333 g/mol. The molecule has 1 N–H and O–H groups in total. The molecule has 0 aromatic carbocycles. The Morgan fingerprint density at radius 2 is 2.47 bits per heavy atom. The Morgan fingerprint density at radius 1 is 1.65 bits per heavy atom. The van der Waals surface area contributed by atoms with Crippen molar-refractivity contribution in [3.05, 3.63) is 33.2 Å². The van der Waals surface area contributed by atoms with Crippen molar-refractivity contribution in [1.29, 1.82) is 0 Å². The molecule has 0 atom stereocenters. The van der Waals surface area contributed by atoms with E-state index in [-0.39, 0.29) is 5.75 Å². The van der Waals surface area contributed by atoms with Crippen LogP contribution in [0.5, 0.6) is 0 Å². The van der Waals surface area contributed by atoms with E-state index < -0.39 is 5.97 Å². The van der Waals surface area contributed by atoms with Crippen LogP contribution in [0.1, 0.15) is 4.88 Å². The highest BCUT2D eigenvalue weighted by molar-refractivity contribution is 9.10. The summed E-state index contributed by atoms with van der Waals surface area (Å²) in [4.78, 5) is 15.9. The Hall–Kier alpha value is -0.790. The van der Waals surface area contributed by atoms with Gasteiger partial charge in [-0.1, -0.05) is 11.8 Å². The first-order chi connectivity index (χ1) is 8.15. The van der Waals surface area contributed by atoms with Gasteiger partial charge < -0.3 is 9.67 Å². The molecule has 0 amide bonds. The van der Waals surface area contributed by atoms with E-state index in [1.807, 2.05) is 16.1 Å². The maximum absolute atomic E-state index is 10.5. The SMILES string of the molecule is O=C(O)CSc1nccn1Cc1cc(Br)cs1. The molecule has 0 aliphatic rings. The number of carbonyl (C=O) groups is 1. The van der Waals surface area contributed by atoms with E-state index in [0.29, 0.717) is 0 Å². The number of carboxylic acid groups (broad SMARTS) is 1. The molecule has 2 aromatic heterocycles. The minimum absolute atomic E-state index is 0.0329. The molecule has 4 nitrogen and oxygen atoms in total. The van der Waals surface area contributed by atoms with Gasteiger partial charge >= 0.3 is 5.97 Å². The minimum atomic E-state index is -0.830. The number of halogens is 1. The summed E-state index contributed by atoms with van der Waals surface area (Å²) in [6.07, 6.45) is 3.55. The minimum Gasteiger partial charge on any atom is -0.481 e. The van der Waals surface area contributed by atoms with Gasteiger partial charge in [0.1, 0.15) is 0 Å². The van der Waals surface area contributed by atoms with E-state index in [2.05, 4.69) is 27.0 Å². The van der Waals surface area contributed by atoms with Crippen LogP contribution in [-0.2, 0) is 11.3 Å². The van der Waals surface area contributed by atoms with Gasteiger partial charge in [0, 0.05) is 27.1 Å². The van der Waals surface area contributed by atoms with Crippen molar-refractivity contribution in [2.45, 2.75) is 11.7 Å². The number of thiophene rings is 1. The van der Waals surface area contributed by atoms with Crippen LogP contribution in [0.2, 0.25) is 0 Å². The molecular weight excluding hydrogens is 324 g/mol. The molecule has 0 spiro atoms. The molecule has 0 fully saturated rings. The van der Waals surface area contributed by atoms with Crippen LogP contribution in [-0.4, -0.2) is 26.4 Å². The smallest absolute Gasteiger partial charge is 0.313 e. The van der Waals surface area contributed by atoms with Gasteiger partial charge in [-0.3, -0.25) is 4.79 Å². The summed E-state index contributed by atoms with van der Waals surface area (Å²) in [5, 5.41) is 11.4. The molecule has 17 heavy (non-hydrogen) atoms. The molecule has 7 heteroatoms. The quantitative estimate of drug-likeness (QED) is 0.855. The van der Waals surface area contributed by atoms with E-state index in [1.165, 1.54) is 16.6 Å². The lowest BCUT2D eigenvalue weighted by molar-refractivity contribution is -0.133. The van der Waals surface area contributed by atoms with Crippen LogP contribution >= 0.6 is 39.0 Å². The van der Waals surface area contributed by atoms with Gasteiger partial charge in [-0.25, -0.2) is 4.98 Å². The number of rotatable bonds is 5. The molecule has 0 saturated carbocycles. The van der Waals surface area contributed by atoms with Crippen molar-refractivity contribution in [1.82, 2.24) is 9.55 Å². The Kier molecular flexibility index (Phi) is 4.25. The third kappa shape index (κ3) is 3.58. The number of aliphatic carboxylic acids is 1. The summed E-state index contributed by atoms with van der Waals surface area (Å²) < 4.78 is 3.02. The van der Waals surface area contributed by atoms with Gasteiger partial charge in [0.05, 0.1) is 12.3 Å². The molecule has 0 saturated heterocycles. The molecule has 0 bridgehead atoms. The molecule has 90 valence electrons. The predicted molar refractivity (Wildman–Crippen MR) is 71.7 cm³/mol. The Labute approximate surface area is 115 Å². The van der Waals surface area contributed by atoms with Gasteiger partial charge in [-0.15, -0.1) is 11.3 Å². The number of nitrogens with zero attached hydrogens (tertiary/aromatic N) is 2. The van der Waals surface area contributed by atoms with E-state index in [0.717, 1.165) is 16.2 Å². The summed E-state index contributed by atoms with van der Waals surface area (Å²) in [6.45, 7) is 0.720. The monoisotopic (exact) mass is 332 g/mol. The molecule has 0 aliphatic heterocycles. The lowest BCUT2D eigenvalue weighted by Crippen LogP contribution is -2.02. The summed E-state index contributed by atoms with van der Waals surface area (Å²) in [6, 6.07) is 2.05. The fourth-order valence-electron chi connectivity index (χ4n) is 1.29. The zero-order chi connectivity index (χ0) is 12.3. The molecular formula is C10H9BrN2O2S2. The maximum atomic E-state index is 10.5. The summed E-state index contributed by atoms with van der Waals surface area (Å²) in [5.74, 6) is -0.797. The van der Waals surface area contributed by atoms with Gasteiger partial charge in [0.25, 0.3) is 0 Å². The lowest BCUT2D eigenvalue weighted by Gasteiger charge is -2.04. The molecule has 2 rings (SSSR count). The first-order valence-corrected chi connectivity index (χ1v) is 7.39. The van der Waals surface area contributed by atoms with E-state index in [9.17, 15) is 4.79 Å². The zero-order valence-corrected chi connectivity index (χ0v) is 11.9. The highest BCUT2D eigenvalue weighted by Gasteiger charge is 2.07. The molecule has 2 aromatic rings. The fraction of sp³-hybridized carbons (Fsp3) is 0.200.